The second kappa shape index (κ2) is 7.11. The highest BCUT2D eigenvalue weighted by molar-refractivity contribution is 6.31. The molecular weight excluding hydrogens is 304 g/mol. The van der Waals surface area contributed by atoms with E-state index in [1.807, 2.05) is 18.2 Å². The molecule has 1 fully saturated rings. The molecule has 2 rings (SSSR count). The standard InChI is InChI=1S/C16H21ClN2O3/c1-22-11-16(10-14(18)20)7-4-8-19(16)15(21)9-12-5-2-3-6-13(12)17/h2-3,5-6H,4,7-11H2,1H3,(H2,18,20)/t16-/m1/s1. The van der Waals surface area contributed by atoms with Crippen LogP contribution in [0.15, 0.2) is 24.3 Å². The second-order valence-electron chi connectivity index (χ2n) is 5.72. The SMILES string of the molecule is COC[C@]1(CC(N)=O)CCCN1C(=O)Cc1ccccc1Cl. The molecule has 1 aliphatic rings. The van der Waals surface area contributed by atoms with Gasteiger partial charge in [0.15, 0.2) is 0 Å². The van der Waals surface area contributed by atoms with Crippen molar-refractivity contribution in [1.82, 2.24) is 4.90 Å². The average molecular weight is 325 g/mol. The van der Waals surface area contributed by atoms with Gasteiger partial charge in [0.05, 0.1) is 25.0 Å². The summed E-state index contributed by atoms with van der Waals surface area (Å²) in [7, 11) is 1.57. The van der Waals surface area contributed by atoms with Gasteiger partial charge >= 0.3 is 0 Å². The van der Waals surface area contributed by atoms with E-state index in [9.17, 15) is 9.59 Å². The van der Waals surface area contributed by atoms with Gasteiger partial charge in [-0.2, -0.15) is 0 Å². The molecule has 6 heteroatoms. The minimum absolute atomic E-state index is 0.0519. The van der Waals surface area contributed by atoms with Crippen LogP contribution in [0.3, 0.4) is 0 Å². The van der Waals surface area contributed by atoms with Crippen LogP contribution in [0, 0.1) is 0 Å². The lowest BCUT2D eigenvalue weighted by molar-refractivity contribution is -0.138. The quantitative estimate of drug-likeness (QED) is 0.866. The summed E-state index contributed by atoms with van der Waals surface area (Å²) < 4.78 is 5.26. The summed E-state index contributed by atoms with van der Waals surface area (Å²) in [5.41, 5.74) is 5.53. The lowest BCUT2D eigenvalue weighted by Gasteiger charge is -2.37. The topological polar surface area (TPSA) is 72.6 Å². The maximum absolute atomic E-state index is 12.7. The number of rotatable bonds is 6. The fourth-order valence-corrected chi connectivity index (χ4v) is 3.41. The maximum atomic E-state index is 12.7. The Morgan fingerprint density at radius 3 is 2.77 bits per heavy atom. The number of halogens is 1. The molecule has 0 radical (unpaired) electrons. The smallest absolute Gasteiger partial charge is 0.227 e. The molecule has 1 atom stereocenters. The third kappa shape index (κ3) is 3.59. The summed E-state index contributed by atoms with van der Waals surface area (Å²) in [5, 5.41) is 0.572. The molecule has 2 amide bonds. The molecule has 1 aromatic rings. The zero-order chi connectivity index (χ0) is 16.2. The molecule has 1 aliphatic heterocycles. The number of hydrogen-bond acceptors (Lipinski definition) is 3. The first kappa shape index (κ1) is 16.8. The Morgan fingerprint density at radius 2 is 2.14 bits per heavy atom. The first-order valence-electron chi connectivity index (χ1n) is 7.29. The van der Waals surface area contributed by atoms with E-state index >= 15 is 0 Å². The fraction of sp³-hybridized carbons (Fsp3) is 0.500. The van der Waals surface area contributed by atoms with Gasteiger partial charge in [-0.1, -0.05) is 29.8 Å². The van der Waals surface area contributed by atoms with Gasteiger partial charge < -0.3 is 15.4 Å². The largest absolute Gasteiger partial charge is 0.382 e. The minimum Gasteiger partial charge on any atom is -0.382 e. The van der Waals surface area contributed by atoms with Gasteiger partial charge in [-0.3, -0.25) is 9.59 Å². The van der Waals surface area contributed by atoms with Crippen LogP contribution in [0.4, 0.5) is 0 Å². The highest BCUT2D eigenvalue weighted by atomic mass is 35.5. The summed E-state index contributed by atoms with van der Waals surface area (Å²) in [4.78, 5) is 25.9. The van der Waals surface area contributed by atoms with Crippen molar-refractivity contribution in [2.24, 2.45) is 5.73 Å². The van der Waals surface area contributed by atoms with E-state index in [-0.39, 0.29) is 18.7 Å². The Labute approximate surface area is 135 Å². The van der Waals surface area contributed by atoms with Gasteiger partial charge in [-0.25, -0.2) is 0 Å². The van der Waals surface area contributed by atoms with E-state index in [4.69, 9.17) is 22.1 Å². The predicted octanol–water partition coefficient (Wildman–Crippen LogP) is 1.77. The predicted molar refractivity (Wildman–Crippen MR) is 84.5 cm³/mol. The highest BCUT2D eigenvalue weighted by Crippen LogP contribution is 2.33. The Morgan fingerprint density at radius 1 is 1.41 bits per heavy atom. The molecular formula is C16H21ClN2O3. The zero-order valence-corrected chi connectivity index (χ0v) is 13.4. The summed E-state index contributed by atoms with van der Waals surface area (Å²) in [5.74, 6) is -0.474. The summed E-state index contributed by atoms with van der Waals surface area (Å²) in [6.07, 6.45) is 1.89. The molecule has 0 saturated carbocycles. The van der Waals surface area contributed by atoms with Crippen LogP contribution in [0.2, 0.25) is 5.02 Å². The van der Waals surface area contributed by atoms with Crippen LogP contribution in [-0.2, 0) is 20.7 Å². The molecule has 1 aromatic carbocycles. The first-order valence-corrected chi connectivity index (χ1v) is 7.67. The number of ether oxygens (including phenoxy) is 1. The number of nitrogens with zero attached hydrogens (tertiary/aromatic N) is 1. The van der Waals surface area contributed by atoms with Crippen LogP contribution in [-0.4, -0.2) is 42.5 Å². The normalized spacial score (nSPS) is 21.1. The molecule has 0 unspecified atom stereocenters. The molecule has 0 spiro atoms. The molecule has 2 N–H and O–H groups in total. The van der Waals surface area contributed by atoms with Gasteiger partial charge in [0.2, 0.25) is 11.8 Å². The summed E-state index contributed by atoms with van der Waals surface area (Å²) in [6.45, 7) is 0.921. The average Bonchev–Trinajstić information content (AvgIpc) is 2.84. The van der Waals surface area contributed by atoms with Gasteiger partial charge in [-0.05, 0) is 24.5 Å². The lowest BCUT2D eigenvalue weighted by Crippen LogP contribution is -2.53. The Bertz CT molecular complexity index is 564. The van der Waals surface area contributed by atoms with Crippen molar-refractivity contribution in [3.8, 4) is 0 Å². The van der Waals surface area contributed by atoms with Gasteiger partial charge in [0.25, 0.3) is 0 Å². The molecule has 0 aromatic heterocycles. The summed E-state index contributed by atoms with van der Waals surface area (Å²) >= 11 is 6.12. The fourth-order valence-electron chi connectivity index (χ4n) is 3.21. The van der Waals surface area contributed by atoms with E-state index < -0.39 is 11.4 Å². The van der Waals surface area contributed by atoms with Gasteiger partial charge in [0.1, 0.15) is 0 Å². The highest BCUT2D eigenvalue weighted by Gasteiger charge is 2.44. The third-order valence-electron chi connectivity index (χ3n) is 4.11. The lowest BCUT2D eigenvalue weighted by atomic mass is 9.92. The van der Waals surface area contributed by atoms with E-state index in [1.54, 1.807) is 18.1 Å². The Balaban J connectivity index is 2.19. The molecule has 5 nitrogen and oxygen atoms in total. The van der Waals surface area contributed by atoms with E-state index in [0.717, 1.165) is 18.4 Å². The monoisotopic (exact) mass is 324 g/mol. The molecule has 0 aliphatic carbocycles. The number of carbonyl (C=O) groups is 2. The maximum Gasteiger partial charge on any atom is 0.227 e. The van der Waals surface area contributed by atoms with Crippen LogP contribution in [0.1, 0.15) is 24.8 Å². The van der Waals surface area contributed by atoms with Crippen LogP contribution in [0.25, 0.3) is 0 Å². The Hall–Kier alpha value is -1.59. The number of methoxy groups -OCH3 is 1. The van der Waals surface area contributed by atoms with Crippen molar-refractivity contribution in [3.05, 3.63) is 34.9 Å². The zero-order valence-electron chi connectivity index (χ0n) is 12.7. The number of nitrogens with two attached hydrogens (primary N) is 1. The summed E-state index contributed by atoms with van der Waals surface area (Å²) in [6, 6.07) is 7.28. The number of benzene rings is 1. The third-order valence-corrected chi connectivity index (χ3v) is 4.48. The van der Waals surface area contributed by atoms with Crippen molar-refractivity contribution in [3.63, 3.8) is 0 Å². The first-order chi connectivity index (χ1) is 10.5. The van der Waals surface area contributed by atoms with Crippen molar-refractivity contribution in [1.29, 1.82) is 0 Å². The molecule has 22 heavy (non-hydrogen) atoms. The number of likely N-dealkylation sites (tertiary alicyclic amines) is 1. The molecule has 0 bridgehead atoms. The molecule has 120 valence electrons. The van der Waals surface area contributed by atoms with E-state index in [2.05, 4.69) is 0 Å². The van der Waals surface area contributed by atoms with Crippen LogP contribution in [0.5, 0.6) is 0 Å². The van der Waals surface area contributed by atoms with Gasteiger partial charge in [-0.15, -0.1) is 0 Å². The minimum atomic E-state index is -0.626. The second-order valence-corrected chi connectivity index (χ2v) is 6.12. The number of amides is 2. The number of hydrogen-bond donors (Lipinski definition) is 1. The van der Waals surface area contributed by atoms with E-state index in [1.165, 1.54) is 0 Å². The van der Waals surface area contributed by atoms with E-state index in [0.29, 0.717) is 18.2 Å². The van der Waals surface area contributed by atoms with Gasteiger partial charge in [0, 0.05) is 18.7 Å². The van der Waals surface area contributed by atoms with Crippen molar-refractivity contribution in [2.75, 3.05) is 20.3 Å². The molecule has 1 heterocycles. The number of carbonyl (C=O) groups excluding carboxylic acids is 2. The van der Waals surface area contributed by atoms with Crippen molar-refractivity contribution < 1.29 is 14.3 Å². The van der Waals surface area contributed by atoms with Crippen molar-refractivity contribution in [2.45, 2.75) is 31.2 Å². The van der Waals surface area contributed by atoms with Crippen LogP contribution >= 0.6 is 11.6 Å². The number of primary amides is 1. The van der Waals surface area contributed by atoms with Crippen LogP contribution < -0.4 is 5.73 Å². The molecule has 1 saturated heterocycles. The van der Waals surface area contributed by atoms with Crippen molar-refractivity contribution >= 4 is 23.4 Å². The Kier molecular flexibility index (Phi) is 5.42.